The average molecular weight is 281 g/mol. The summed E-state index contributed by atoms with van der Waals surface area (Å²) in [6.07, 6.45) is -7.35. The van der Waals surface area contributed by atoms with Crippen molar-refractivity contribution in [1.82, 2.24) is 0 Å². The summed E-state index contributed by atoms with van der Waals surface area (Å²) in [6, 6.07) is 4.82. The van der Waals surface area contributed by atoms with Crippen molar-refractivity contribution in [2.45, 2.75) is 31.4 Å². The third-order valence-corrected chi connectivity index (χ3v) is 2.49. The third kappa shape index (κ3) is 4.68. The molecule has 1 rings (SSSR count). The van der Waals surface area contributed by atoms with Gasteiger partial charge in [-0.1, -0.05) is 12.1 Å². The number of hydrogen-bond acceptors (Lipinski definition) is 3. The van der Waals surface area contributed by atoms with Crippen molar-refractivity contribution >= 4 is 0 Å². The SMILES string of the molecule is N[C@@H](CCCO)c1ccc(OC(F)(F)C(F)F)cc1. The van der Waals surface area contributed by atoms with Crippen molar-refractivity contribution in [3.8, 4) is 5.75 Å². The van der Waals surface area contributed by atoms with Gasteiger partial charge in [0.15, 0.2) is 0 Å². The molecule has 0 aliphatic heterocycles. The summed E-state index contributed by atoms with van der Waals surface area (Å²) in [5.41, 5.74) is 6.44. The van der Waals surface area contributed by atoms with Crippen LogP contribution in [0.15, 0.2) is 24.3 Å². The Morgan fingerprint density at radius 2 is 1.79 bits per heavy atom. The molecule has 3 nitrogen and oxygen atoms in total. The van der Waals surface area contributed by atoms with Gasteiger partial charge in [0.2, 0.25) is 0 Å². The number of halogens is 4. The van der Waals surface area contributed by atoms with Gasteiger partial charge in [0.1, 0.15) is 5.75 Å². The van der Waals surface area contributed by atoms with Gasteiger partial charge in [-0.15, -0.1) is 0 Å². The molecule has 19 heavy (non-hydrogen) atoms. The molecule has 3 N–H and O–H groups in total. The smallest absolute Gasteiger partial charge is 0.428 e. The second-order valence-electron chi connectivity index (χ2n) is 4.01. The highest BCUT2D eigenvalue weighted by molar-refractivity contribution is 5.29. The van der Waals surface area contributed by atoms with E-state index < -0.39 is 12.5 Å². The molecule has 0 saturated carbocycles. The Morgan fingerprint density at radius 1 is 1.21 bits per heavy atom. The first-order chi connectivity index (χ1) is 8.86. The topological polar surface area (TPSA) is 55.5 Å². The average Bonchev–Trinajstić information content (AvgIpc) is 2.36. The van der Waals surface area contributed by atoms with E-state index in [1.807, 2.05) is 0 Å². The van der Waals surface area contributed by atoms with E-state index in [0.29, 0.717) is 18.4 Å². The maximum absolute atomic E-state index is 12.6. The van der Waals surface area contributed by atoms with Crippen LogP contribution in [-0.4, -0.2) is 24.2 Å². The lowest BCUT2D eigenvalue weighted by Gasteiger charge is -2.17. The molecule has 1 aromatic carbocycles. The van der Waals surface area contributed by atoms with Crippen molar-refractivity contribution in [1.29, 1.82) is 0 Å². The molecule has 0 aliphatic rings. The number of aliphatic hydroxyl groups is 1. The zero-order valence-electron chi connectivity index (χ0n) is 10.0. The van der Waals surface area contributed by atoms with Crippen LogP contribution in [-0.2, 0) is 0 Å². The van der Waals surface area contributed by atoms with Gasteiger partial charge in [-0.2, -0.15) is 17.6 Å². The van der Waals surface area contributed by atoms with Gasteiger partial charge in [-0.05, 0) is 30.5 Å². The molecule has 108 valence electrons. The van der Waals surface area contributed by atoms with E-state index in [9.17, 15) is 17.6 Å². The van der Waals surface area contributed by atoms with Crippen LogP contribution in [0.3, 0.4) is 0 Å². The summed E-state index contributed by atoms with van der Waals surface area (Å²) < 4.78 is 53.0. The van der Waals surface area contributed by atoms with Crippen LogP contribution < -0.4 is 10.5 Å². The first kappa shape index (κ1) is 15.7. The van der Waals surface area contributed by atoms with Crippen molar-refractivity contribution in [3.63, 3.8) is 0 Å². The maximum atomic E-state index is 12.6. The molecule has 0 heterocycles. The summed E-state index contributed by atoms with van der Waals surface area (Å²) in [7, 11) is 0. The van der Waals surface area contributed by atoms with E-state index in [1.54, 1.807) is 0 Å². The van der Waals surface area contributed by atoms with Crippen molar-refractivity contribution in [3.05, 3.63) is 29.8 Å². The quantitative estimate of drug-likeness (QED) is 0.755. The molecule has 0 spiro atoms. The number of alkyl halides is 4. The van der Waals surface area contributed by atoms with Gasteiger partial charge < -0.3 is 15.6 Å². The lowest BCUT2D eigenvalue weighted by Crippen LogP contribution is -2.33. The highest BCUT2D eigenvalue weighted by Gasteiger charge is 2.43. The van der Waals surface area contributed by atoms with Crippen molar-refractivity contribution < 1.29 is 27.4 Å². The largest absolute Gasteiger partial charge is 0.461 e. The highest BCUT2D eigenvalue weighted by atomic mass is 19.3. The number of nitrogens with two attached hydrogens (primary N) is 1. The van der Waals surface area contributed by atoms with Crippen LogP contribution in [0.1, 0.15) is 24.4 Å². The van der Waals surface area contributed by atoms with E-state index in [1.165, 1.54) is 12.1 Å². The molecule has 0 fully saturated rings. The molecule has 0 amide bonds. The van der Waals surface area contributed by atoms with Gasteiger partial charge in [0.05, 0.1) is 0 Å². The van der Waals surface area contributed by atoms with Gasteiger partial charge in [-0.3, -0.25) is 0 Å². The van der Waals surface area contributed by atoms with E-state index >= 15 is 0 Å². The van der Waals surface area contributed by atoms with Crippen molar-refractivity contribution in [2.24, 2.45) is 5.73 Å². The Bertz CT molecular complexity index is 384. The lowest BCUT2D eigenvalue weighted by molar-refractivity contribution is -0.253. The fourth-order valence-corrected chi connectivity index (χ4v) is 1.46. The van der Waals surface area contributed by atoms with E-state index in [2.05, 4.69) is 4.74 Å². The van der Waals surface area contributed by atoms with E-state index in [0.717, 1.165) is 12.1 Å². The van der Waals surface area contributed by atoms with Crippen LogP contribution in [0.5, 0.6) is 5.75 Å². The number of ether oxygens (including phenoxy) is 1. The number of benzene rings is 1. The minimum absolute atomic E-state index is 0.00943. The molecule has 0 saturated heterocycles. The minimum atomic E-state index is -4.51. The normalized spacial score (nSPS) is 13.6. The summed E-state index contributed by atoms with van der Waals surface area (Å²) in [4.78, 5) is 0. The Kier molecular flexibility index (Phi) is 5.56. The summed E-state index contributed by atoms with van der Waals surface area (Å²) in [6.45, 7) is 0.00943. The van der Waals surface area contributed by atoms with E-state index in [4.69, 9.17) is 10.8 Å². The molecule has 0 unspecified atom stereocenters. The molecule has 0 aliphatic carbocycles. The molecule has 0 radical (unpaired) electrons. The monoisotopic (exact) mass is 281 g/mol. The van der Waals surface area contributed by atoms with Gasteiger partial charge >= 0.3 is 12.5 Å². The van der Waals surface area contributed by atoms with Crippen molar-refractivity contribution in [2.75, 3.05) is 6.61 Å². The molecular formula is C12H15F4NO2. The van der Waals surface area contributed by atoms with Crippen LogP contribution in [0.4, 0.5) is 17.6 Å². The molecule has 7 heteroatoms. The zero-order chi connectivity index (χ0) is 14.5. The maximum Gasteiger partial charge on any atom is 0.461 e. The van der Waals surface area contributed by atoms with Crippen LogP contribution >= 0.6 is 0 Å². The second-order valence-corrected chi connectivity index (χ2v) is 4.01. The van der Waals surface area contributed by atoms with Gasteiger partial charge in [0.25, 0.3) is 0 Å². The molecule has 1 aromatic rings. The minimum Gasteiger partial charge on any atom is -0.428 e. The Hall–Kier alpha value is -1.34. The standard InChI is InChI=1S/C12H15F4NO2/c13-11(14)12(15,16)19-9-5-3-8(4-6-9)10(17)2-1-7-18/h3-6,10-11,18H,1-2,7,17H2/t10-/m0/s1. The first-order valence-electron chi connectivity index (χ1n) is 5.68. The Labute approximate surface area is 108 Å². The summed E-state index contributed by atoms with van der Waals surface area (Å²) in [5.74, 6) is -0.358. The Balaban J connectivity index is 2.66. The summed E-state index contributed by atoms with van der Waals surface area (Å²) >= 11 is 0. The predicted octanol–water partition coefficient (Wildman–Crippen LogP) is 2.70. The fraction of sp³-hybridized carbons (Fsp3) is 0.500. The number of hydrogen-bond donors (Lipinski definition) is 2. The first-order valence-corrected chi connectivity index (χ1v) is 5.68. The number of aliphatic hydroxyl groups excluding tert-OH is 1. The highest BCUT2D eigenvalue weighted by Crippen LogP contribution is 2.28. The van der Waals surface area contributed by atoms with Crippen LogP contribution in [0, 0.1) is 0 Å². The second kappa shape index (κ2) is 6.72. The zero-order valence-corrected chi connectivity index (χ0v) is 10.0. The summed E-state index contributed by atoms with van der Waals surface area (Å²) in [5, 5.41) is 8.66. The molecule has 0 bridgehead atoms. The van der Waals surface area contributed by atoms with Crippen LogP contribution in [0.2, 0.25) is 0 Å². The Morgan fingerprint density at radius 3 is 2.26 bits per heavy atom. The van der Waals surface area contributed by atoms with Gasteiger partial charge in [0, 0.05) is 12.6 Å². The lowest BCUT2D eigenvalue weighted by atomic mass is 10.0. The van der Waals surface area contributed by atoms with Crippen LogP contribution in [0.25, 0.3) is 0 Å². The molecular weight excluding hydrogens is 266 g/mol. The van der Waals surface area contributed by atoms with E-state index in [-0.39, 0.29) is 18.4 Å². The fourth-order valence-electron chi connectivity index (χ4n) is 1.46. The third-order valence-electron chi connectivity index (χ3n) is 2.49. The predicted molar refractivity (Wildman–Crippen MR) is 61.3 cm³/mol. The van der Waals surface area contributed by atoms with Gasteiger partial charge in [-0.25, -0.2) is 0 Å². The molecule has 0 aromatic heterocycles. The molecule has 1 atom stereocenters. The number of rotatable bonds is 7.